The number of anilines is 1. The molecule has 0 atom stereocenters. The van der Waals surface area contributed by atoms with E-state index in [-0.39, 0.29) is 5.91 Å². The standard InChI is InChI=1S/C15H12N2OS/c1-10-4-6-11(7-5-10)14(18)17-13-9-19-15-12(13)3-2-8-16-15/h2-9H,1H3,(H,17,18). The van der Waals surface area contributed by atoms with Gasteiger partial charge in [-0.15, -0.1) is 11.3 Å². The Labute approximate surface area is 114 Å². The Balaban J connectivity index is 1.89. The minimum absolute atomic E-state index is 0.0939. The molecule has 1 N–H and O–H groups in total. The van der Waals surface area contributed by atoms with Gasteiger partial charge >= 0.3 is 0 Å². The van der Waals surface area contributed by atoms with Gasteiger partial charge in [0.25, 0.3) is 5.91 Å². The smallest absolute Gasteiger partial charge is 0.255 e. The number of amides is 1. The molecule has 1 amide bonds. The highest BCUT2D eigenvalue weighted by atomic mass is 32.1. The van der Waals surface area contributed by atoms with E-state index < -0.39 is 0 Å². The van der Waals surface area contributed by atoms with Gasteiger partial charge in [-0.3, -0.25) is 4.79 Å². The molecule has 2 aromatic heterocycles. The molecule has 0 aliphatic heterocycles. The summed E-state index contributed by atoms with van der Waals surface area (Å²) in [5.74, 6) is -0.0939. The van der Waals surface area contributed by atoms with Gasteiger partial charge in [0.15, 0.2) is 0 Å². The molecule has 0 spiro atoms. The third-order valence-corrected chi connectivity index (χ3v) is 3.81. The summed E-state index contributed by atoms with van der Waals surface area (Å²) in [5.41, 5.74) is 2.62. The largest absolute Gasteiger partial charge is 0.321 e. The summed E-state index contributed by atoms with van der Waals surface area (Å²) < 4.78 is 0. The maximum atomic E-state index is 12.1. The average molecular weight is 268 g/mol. The molecule has 3 rings (SSSR count). The van der Waals surface area contributed by atoms with Crippen molar-refractivity contribution in [3.63, 3.8) is 0 Å². The van der Waals surface area contributed by atoms with E-state index in [1.54, 1.807) is 6.20 Å². The number of fused-ring (bicyclic) bond motifs is 1. The van der Waals surface area contributed by atoms with Crippen LogP contribution in [-0.2, 0) is 0 Å². The first-order chi connectivity index (χ1) is 9.24. The lowest BCUT2D eigenvalue weighted by atomic mass is 10.1. The predicted octanol–water partition coefficient (Wildman–Crippen LogP) is 3.86. The Morgan fingerprint density at radius 3 is 2.79 bits per heavy atom. The highest BCUT2D eigenvalue weighted by Crippen LogP contribution is 2.28. The Bertz CT molecular complexity index is 731. The van der Waals surface area contributed by atoms with Crippen LogP contribution in [0.1, 0.15) is 15.9 Å². The van der Waals surface area contributed by atoms with E-state index in [1.165, 1.54) is 11.3 Å². The van der Waals surface area contributed by atoms with Gasteiger partial charge in [-0.1, -0.05) is 17.7 Å². The molecule has 0 saturated carbocycles. The van der Waals surface area contributed by atoms with E-state index in [2.05, 4.69) is 10.3 Å². The first-order valence-electron chi connectivity index (χ1n) is 5.94. The summed E-state index contributed by atoms with van der Waals surface area (Å²) >= 11 is 1.53. The second-order valence-corrected chi connectivity index (χ2v) is 5.18. The van der Waals surface area contributed by atoms with Crippen molar-refractivity contribution in [1.82, 2.24) is 4.98 Å². The molecule has 0 fully saturated rings. The van der Waals surface area contributed by atoms with Gasteiger partial charge in [0.1, 0.15) is 4.83 Å². The normalized spacial score (nSPS) is 10.6. The molecule has 0 aliphatic carbocycles. The van der Waals surface area contributed by atoms with E-state index in [4.69, 9.17) is 0 Å². The zero-order valence-corrected chi connectivity index (χ0v) is 11.2. The number of nitrogens with one attached hydrogen (secondary N) is 1. The summed E-state index contributed by atoms with van der Waals surface area (Å²) in [6, 6.07) is 11.4. The molecular formula is C15H12N2OS. The van der Waals surface area contributed by atoms with Crippen LogP contribution in [0, 0.1) is 6.92 Å². The van der Waals surface area contributed by atoms with Crippen LogP contribution in [0.25, 0.3) is 10.2 Å². The number of carbonyl (C=O) groups excluding carboxylic acids is 1. The van der Waals surface area contributed by atoms with Gasteiger partial charge in [-0.25, -0.2) is 4.98 Å². The molecule has 0 radical (unpaired) electrons. The van der Waals surface area contributed by atoms with Gasteiger partial charge in [0.05, 0.1) is 5.69 Å². The molecule has 0 bridgehead atoms. The first kappa shape index (κ1) is 11.9. The van der Waals surface area contributed by atoms with Gasteiger partial charge in [0.2, 0.25) is 0 Å². The van der Waals surface area contributed by atoms with Crippen molar-refractivity contribution >= 4 is 33.1 Å². The Morgan fingerprint density at radius 2 is 2.00 bits per heavy atom. The van der Waals surface area contributed by atoms with Crippen LogP contribution in [0.3, 0.4) is 0 Å². The average Bonchev–Trinajstić information content (AvgIpc) is 2.83. The fourth-order valence-electron chi connectivity index (χ4n) is 1.86. The number of hydrogen-bond acceptors (Lipinski definition) is 3. The topological polar surface area (TPSA) is 42.0 Å². The van der Waals surface area contributed by atoms with Crippen molar-refractivity contribution < 1.29 is 4.79 Å². The van der Waals surface area contributed by atoms with Crippen LogP contribution in [0.2, 0.25) is 0 Å². The fraction of sp³-hybridized carbons (Fsp3) is 0.0667. The highest BCUT2D eigenvalue weighted by molar-refractivity contribution is 7.17. The highest BCUT2D eigenvalue weighted by Gasteiger charge is 2.09. The van der Waals surface area contributed by atoms with Crippen LogP contribution in [0.15, 0.2) is 48.0 Å². The lowest BCUT2D eigenvalue weighted by Gasteiger charge is -2.04. The molecular weight excluding hydrogens is 256 g/mol. The number of aryl methyl sites for hydroxylation is 1. The Hall–Kier alpha value is -2.20. The molecule has 0 saturated heterocycles. The van der Waals surface area contributed by atoms with E-state index in [9.17, 15) is 4.79 Å². The van der Waals surface area contributed by atoms with Gasteiger partial charge in [0, 0.05) is 22.5 Å². The summed E-state index contributed by atoms with van der Waals surface area (Å²) in [6.07, 6.45) is 1.75. The molecule has 1 aromatic carbocycles. The SMILES string of the molecule is Cc1ccc(C(=O)Nc2csc3ncccc23)cc1. The number of rotatable bonds is 2. The fourth-order valence-corrected chi connectivity index (χ4v) is 2.71. The third-order valence-electron chi connectivity index (χ3n) is 2.91. The number of benzene rings is 1. The minimum atomic E-state index is -0.0939. The molecule has 19 heavy (non-hydrogen) atoms. The van der Waals surface area contributed by atoms with Crippen molar-refractivity contribution in [2.24, 2.45) is 0 Å². The van der Waals surface area contributed by atoms with Gasteiger partial charge in [-0.05, 0) is 31.2 Å². The van der Waals surface area contributed by atoms with Crippen molar-refractivity contribution in [2.45, 2.75) is 6.92 Å². The van der Waals surface area contributed by atoms with Crippen LogP contribution < -0.4 is 5.32 Å². The second kappa shape index (κ2) is 4.82. The van der Waals surface area contributed by atoms with Gasteiger partial charge in [-0.2, -0.15) is 0 Å². The molecule has 3 nitrogen and oxygen atoms in total. The van der Waals surface area contributed by atoms with E-state index in [0.29, 0.717) is 5.56 Å². The predicted molar refractivity (Wildman–Crippen MR) is 78.8 cm³/mol. The minimum Gasteiger partial charge on any atom is -0.321 e. The maximum absolute atomic E-state index is 12.1. The molecule has 0 aliphatic rings. The Kier molecular flexibility index (Phi) is 3.01. The number of aromatic nitrogens is 1. The first-order valence-corrected chi connectivity index (χ1v) is 6.82. The number of pyridine rings is 1. The number of nitrogens with zero attached hydrogens (tertiary/aromatic N) is 1. The van der Waals surface area contributed by atoms with Crippen LogP contribution >= 0.6 is 11.3 Å². The Morgan fingerprint density at radius 1 is 1.21 bits per heavy atom. The summed E-state index contributed by atoms with van der Waals surface area (Å²) in [6.45, 7) is 2.00. The summed E-state index contributed by atoms with van der Waals surface area (Å²) in [5, 5.41) is 5.83. The van der Waals surface area contributed by atoms with E-state index in [1.807, 2.05) is 48.7 Å². The third kappa shape index (κ3) is 2.35. The maximum Gasteiger partial charge on any atom is 0.255 e. The number of hydrogen-bond donors (Lipinski definition) is 1. The van der Waals surface area contributed by atoms with Crippen LogP contribution in [-0.4, -0.2) is 10.9 Å². The van der Waals surface area contributed by atoms with Gasteiger partial charge < -0.3 is 5.32 Å². The lowest BCUT2D eigenvalue weighted by molar-refractivity contribution is 0.102. The number of carbonyl (C=O) groups is 1. The van der Waals surface area contributed by atoms with E-state index in [0.717, 1.165) is 21.5 Å². The second-order valence-electron chi connectivity index (χ2n) is 4.33. The zero-order chi connectivity index (χ0) is 13.2. The summed E-state index contributed by atoms with van der Waals surface area (Å²) in [7, 11) is 0. The van der Waals surface area contributed by atoms with Crippen LogP contribution in [0.4, 0.5) is 5.69 Å². The van der Waals surface area contributed by atoms with Crippen molar-refractivity contribution in [1.29, 1.82) is 0 Å². The molecule has 4 heteroatoms. The molecule has 3 aromatic rings. The van der Waals surface area contributed by atoms with Crippen molar-refractivity contribution in [3.05, 3.63) is 59.1 Å². The van der Waals surface area contributed by atoms with Crippen molar-refractivity contribution in [2.75, 3.05) is 5.32 Å². The van der Waals surface area contributed by atoms with E-state index >= 15 is 0 Å². The quantitative estimate of drug-likeness (QED) is 0.767. The number of thiophene rings is 1. The van der Waals surface area contributed by atoms with Crippen molar-refractivity contribution in [3.8, 4) is 0 Å². The molecule has 94 valence electrons. The summed E-state index contributed by atoms with van der Waals surface area (Å²) in [4.78, 5) is 17.3. The zero-order valence-electron chi connectivity index (χ0n) is 10.4. The van der Waals surface area contributed by atoms with Crippen LogP contribution in [0.5, 0.6) is 0 Å². The monoisotopic (exact) mass is 268 g/mol. The molecule has 0 unspecified atom stereocenters. The lowest BCUT2D eigenvalue weighted by Crippen LogP contribution is -2.11. The molecule has 2 heterocycles.